The van der Waals surface area contributed by atoms with E-state index in [9.17, 15) is 10.2 Å². The van der Waals surface area contributed by atoms with Gasteiger partial charge in [0.1, 0.15) is 0 Å². The Kier molecular flexibility index (Phi) is 16.4. The van der Waals surface area contributed by atoms with Crippen LogP contribution in [0.25, 0.3) is 0 Å². The van der Waals surface area contributed by atoms with Gasteiger partial charge in [-0.25, -0.2) is 0 Å². The number of allylic oxidation sites excluding steroid dienone is 21. The van der Waals surface area contributed by atoms with Crippen molar-refractivity contribution >= 4 is 0 Å². The van der Waals surface area contributed by atoms with Crippen LogP contribution in [0.4, 0.5) is 0 Å². The second-order valence-electron chi connectivity index (χ2n) is 13.0. The summed E-state index contributed by atoms with van der Waals surface area (Å²) in [5.74, 6) is -0.00110. The zero-order chi connectivity index (χ0) is 31.8. The van der Waals surface area contributed by atoms with E-state index in [2.05, 4.69) is 140 Å². The quantitative estimate of drug-likeness (QED) is 0.161. The molecule has 1 rings (SSSR count). The van der Waals surface area contributed by atoms with Crippen molar-refractivity contribution in [1.29, 1.82) is 0 Å². The van der Waals surface area contributed by atoms with E-state index >= 15 is 0 Å². The van der Waals surface area contributed by atoms with Gasteiger partial charge in [-0.2, -0.15) is 0 Å². The van der Waals surface area contributed by atoms with E-state index in [1.807, 2.05) is 26.8 Å². The standard InChI is InChI=1S/C40H58O2/c1-31(2)17-13-20-34(5)23-15-25-35(6)24-14-21-32(3)18-11-12-19-33(4)22-16-26-36(7)27-28-38-37(39(8,9)41)29-30-40(38,10)42/h11-12,14-19,21-28,37-38,41-42H,13,20,29-30H2,1-10H3/b12-11+,21-14+,22-16+,25-15+,28-27+,32-18+,33-19+,34-23+,35-24+,36-26+/t37-,38+,40+/m1/s1. The van der Waals surface area contributed by atoms with E-state index < -0.39 is 11.2 Å². The van der Waals surface area contributed by atoms with Crippen LogP contribution >= 0.6 is 0 Å². The molecule has 0 heterocycles. The van der Waals surface area contributed by atoms with E-state index in [0.717, 1.165) is 30.4 Å². The predicted molar refractivity (Wildman–Crippen MR) is 186 cm³/mol. The molecule has 1 aliphatic rings. The molecule has 0 aromatic carbocycles. The molecule has 0 radical (unpaired) electrons. The zero-order valence-electron chi connectivity index (χ0n) is 28.1. The number of hydrogen-bond donors (Lipinski definition) is 2. The van der Waals surface area contributed by atoms with Crippen LogP contribution < -0.4 is 0 Å². The maximum absolute atomic E-state index is 10.8. The fraction of sp³-hybridized carbons (Fsp3) is 0.450. The van der Waals surface area contributed by atoms with Gasteiger partial charge in [-0.05, 0) is 101 Å². The van der Waals surface area contributed by atoms with Crippen LogP contribution in [0.5, 0.6) is 0 Å². The maximum Gasteiger partial charge on any atom is 0.0686 e. The first-order chi connectivity index (χ1) is 19.6. The van der Waals surface area contributed by atoms with Gasteiger partial charge >= 0.3 is 0 Å². The van der Waals surface area contributed by atoms with Crippen molar-refractivity contribution in [3.05, 3.63) is 131 Å². The highest BCUT2D eigenvalue weighted by atomic mass is 16.3. The van der Waals surface area contributed by atoms with Crippen molar-refractivity contribution in [3.63, 3.8) is 0 Å². The van der Waals surface area contributed by atoms with Gasteiger partial charge in [0.25, 0.3) is 0 Å². The van der Waals surface area contributed by atoms with Crippen LogP contribution in [0.1, 0.15) is 94.9 Å². The minimum Gasteiger partial charge on any atom is -0.390 e. The fourth-order valence-electron chi connectivity index (χ4n) is 4.99. The smallest absolute Gasteiger partial charge is 0.0686 e. The van der Waals surface area contributed by atoms with Gasteiger partial charge in [0.05, 0.1) is 11.2 Å². The lowest BCUT2D eigenvalue weighted by Crippen LogP contribution is -2.39. The lowest BCUT2D eigenvalue weighted by molar-refractivity contribution is -0.0294. The summed E-state index contributed by atoms with van der Waals surface area (Å²) in [6.45, 7) is 20.4. The van der Waals surface area contributed by atoms with Gasteiger partial charge in [-0.1, -0.05) is 131 Å². The van der Waals surface area contributed by atoms with Gasteiger partial charge in [0, 0.05) is 5.92 Å². The Morgan fingerprint density at radius 1 is 0.714 bits per heavy atom. The van der Waals surface area contributed by atoms with Crippen LogP contribution in [0.3, 0.4) is 0 Å². The number of hydrogen-bond acceptors (Lipinski definition) is 2. The average molecular weight is 571 g/mol. The second-order valence-corrected chi connectivity index (χ2v) is 13.0. The summed E-state index contributed by atoms with van der Waals surface area (Å²) in [6, 6.07) is 0. The molecular formula is C40H58O2. The molecule has 3 atom stereocenters. The Balaban J connectivity index is 2.61. The third-order valence-corrected chi connectivity index (χ3v) is 7.68. The monoisotopic (exact) mass is 570 g/mol. The molecule has 0 aromatic heterocycles. The molecule has 230 valence electrons. The Bertz CT molecular complexity index is 1190. The number of aliphatic hydroxyl groups is 2. The van der Waals surface area contributed by atoms with Crippen LogP contribution in [0.15, 0.2) is 131 Å². The molecule has 0 saturated heterocycles. The molecule has 2 heteroatoms. The molecule has 0 aromatic rings. The average Bonchev–Trinajstić information content (AvgIpc) is 3.19. The minimum atomic E-state index is -0.803. The normalized spacial score (nSPS) is 24.0. The Morgan fingerprint density at radius 2 is 1.17 bits per heavy atom. The molecule has 2 nitrogen and oxygen atoms in total. The lowest BCUT2D eigenvalue weighted by atomic mass is 9.78. The third kappa shape index (κ3) is 15.9. The van der Waals surface area contributed by atoms with Crippen molar-refractivity contribution in [3.8, 4) is 0 Å². The van der Waals surface area contributed by atoms with E-state index in [-0.39, 0.29) is 11.8 Å². The summed E-state index contributed by atoms with van der Waals surface area (Å²) in [6.07, 6.45) is 37.5. The van der Waals surface area contributed by atoms with E-state index in [4.69, 9.17) is 0 Å². The lowest BCUT2D eigenvalue weighted by Gasteiger charge is -2.33. The van der Waals surface area contributed by atoms with Gasteiger partial charge in [-0.15, -0.1) is 0 Å². The van der Waals surface area contributed by atoms with Crippen LogP contribution in [0.2, 0.25) is 0 Å². The largest absolute Gasteiger partial charge is 0.390 e. The summed E-state index contributed by atoms with van der Waals surface area (Å²) < 4.78 is 0. The Hall–Kier alpha value is -2.94. The molecule has 0 bridgehead atoms. The summed E-state index contributed by atoms with van der Waals surface area (Å²) >= 11 is 0. The third-order valence-electron chi connectivity index (χ3n) is 7.68. The molecule has 1 fully saturated rings. The van der Waals surface area contributed by atoms with Crippen molar-refractivity contribution in [2.24, 2.45) is 11.8 Å². The first-order valence-electron chi connectivity index (χ1n) is 15.4. The Morgan fingerprint density at radius 3 is 1.64 bits per heavy atom. The van der Waals surface area contributed by atoms with E-state index in [1.54, 1.807) is 0 Å². The SMILES string of the molecule is CC(C)=CCC/C(C)=C/C=C/C(C)=C/C=C/C(C)=C/C=C/C=C(C)/C=C/C=C(C)/C=C/[C@H]1[C@H](C(C)(C)O)CC[C@]1(C)O. The van der Waals surface area contributed by atoms with E-state index in [0.29, 0.717) is 6.42 Å². The first-order valence-corrected chi connectivity index (χ1v) is 15.4. The highest BCUT2D eigenvalue weighted by Gasteiger charge is 2.47. The minimum absolute atomic E-state index is 0.0552. The zero-order valence-corrected chi connectivity index (χ0v) is 28.1. The van der Waals surface area contributed by atoms with Crippen molar-refractivity contribution in [2.75, 3.05) is 0 Å². The van der Waals surface area contributed by atoms with Gasteiger partial charge in [0.15, 0.2) is 0 Å². The maximum atomic E-state index is 10.8. The molecule has 2 N–H and O–H groups in total. The highest BCUT2D eigenvalue weighted by molar-refractivity contribution is 5.32. The molecule has 1 aliphatic carbocycles. The summed E-state index contributed by atoms with van der Waals surface area (Å²) in [5.41, 5.74) is 5.88. The van der Waals surface area contributed by atoms with Crippen LogP contribution in [0, 0.1) is 11.8 Å². The molecule has 0 spiro atoms. The van der Waals surface area contributed by atoms with Gasteiger partial charge < -0.3 is 10.2 Å². The fourth-order valence-corrected chi connectivity index (χ4v) is 4.99. The molecule has 42 heavy (non-hydrogen) atoms. The molecule has 0 aliphatic heterocycles. The first kappa shape index (κ1) is 37.1. The predicted octanol–water partition coefficient (Wildman–Crippen LogP) is 10.8. The summed E-state index contributed by atoms with van der Waals surface area (Å²) in [4.78, 5) is 0. The van der Waals surface area contributed by atoms with Crippen molar-refractivity contribution in [2.45, 2.75) is 106 Å². The summed E-state index contributed by atoms with van der Waals surface area (Å²) in [7, 11) is 0. The highest BCUT2D eigenvalue weighted by Crippen LogP contribution is 2.46. The molecular weight excluding hydrogens is 512 g/mol. The molecule has 0 unspecified atom stereocenters. The molecule has 1 saturated carbocycles. The van der Waals surface area contributed by atoms with Crippen molar-refractivity contribution < 1.29 is 10.2 Å². The number of rotatable bonds is 14. The van der Waals surface area contributed by atoms with Gasteiger partial charge in [0.2, 0.25) is 0 Å². The topological polar surface area (TPSA) is 40.5 Å². The van der Waals surface area contributed by atoms with E-state index in [1.165, 1.54) is 22.3 Å². The Labute approximate surface area is 258 Å². The van der Waals surface area contributed by atoms with Crippen LogP contribution in [-0.4, -0.2) is 21.4 Å². The summed E-state index contributed by atoms with van der Waals surface area (Å²) in [5, 5.41) is 21.3. The second kappa shape index (κ2) is 18.6. The molecule has 0 amide bonds. The van der Waals surface area contributed by atoms with Crippen molar-refractivity contribution in [1.82, 2.24) is 0 Å². The van der Waals surface area contributed by atoms with Gasteiger partial charge in [-0.3, -0.25) is 0 Å². The van der Waals surface area contributed by atoms with Crippen LogP contribution in [-0.2, 0) is 0 Å².